The number of rotatable bonds is 7. The van der Waals surface area contributed by atoms with E-state index in [1.807, 2.05) is 0 Å². The minimum atomic E-state index is 0.762. The van der Waals surface area contributed by atoms with Gasteiger partial charge in [-0.05, 0) is 97.1 Å². The minimum absolute atomic E-state index is 0.762. The van der Waals surface area contributed by atoms with Crippen molar-refractivity contribution in [1.29, 1.82) is 0 Å². The largest absolute Gasteiger partial charge is 0.457 e. The van der Waals surface area contributed by atoms with Crippen molar-refractivity contribution in [2.75, 3.05) is 0 Å². The van der Waals surface area contributed by atoms with Crippen molar-refractivity contribution in [3.63, 3.8) is 0 Å². The lowest BCUT2D eigenvalue weighted by molar-refractivity contribution is 0.484. The van der Waals surface area contributed by atoms with Gasteiger partial charge in [-0.15, -0.1) is 0 Å². The number of ether oxygens (including phenoxy) is 2. The van der Waals surface area contributed by atoms with Crippen molar-refractivity contribution in [2.45, 2.75) is 0 Å². The Morgan fingerprint density at radius 2 is 0.475 bits per heavy atom. The van der Waals surface area contributed by atoms with Gasteiger partial charge < -0.3 is 23.2 Å². The molecule has 12 rings (SSSR count). The van der Waals surface area contributed by atoms with E-state index in [-0.39, 0.29) is 0 Å². The second-order valence-electron chi connectivity index (χ2n) is 15.0. The summed E-state index contributed by atoms with van der Waals surface area (Å²) >= 11 is 0. The Morgan fingerprint density at radius 1 is 0.220 bits per heavy atom. The molecule has 0 saturated heterocycles. The highest BCUT2D eigenvalue weighted by molar-refractivity contribution is 6.12. The Labute approximate surface area is 339 Å². The Bertz CT molecular complexity index is 3330. The molecular formula is C54H35N3O2. The van der Waals surface area contributed by atoms with Crippen LogP contribution in [0.3, 0.4) is 0 Å². The van der Waals surface area contributed by atoms with E-state index in [0.29, 0.717) is 0 Å². The van der Waals surface area contributed by atoms with Gasteiger partial charge in [-0.3, -0.25) is 0 Å². The van der Waals surface area contributed by atoms with Gasteiger partial charge in [0.15, 0.2) is 0 Å². The quantitative estimate of drug-likeness (QED) is 0.162. The van der Waals surface area contributed by atoms with E-state index in [1.165, 1.54) is 32.6 Å². The zero-order valence-corrected chi connectivity index (χ0v) is 31.9. The summed E-state index contributed by atoms with van der Waals surface area (Å²) in [6.45, 7) is 0. The molecule has 0 atom stereocenters. The number of benzene rings is 9. The third kappa shape index (κ3) is 5.40. The first-order chi connectivity index (χ1) is 29.2. The molecule has 0 unspecified atom stereocenters. The lowest BCUT2D eigenvalue weighted by Gasteiger charge is -2.12. The number of hydrogen-bond acceptors (Lipinski definition) is 2. The molecule has 0 fully saturated rings. The Kier molecular flexibility index (Phi) is 7.47. The Balaban J connectivity index is 0.955. The fourth-order valence-corrected chi connectivity index (χ4v) is 8.97. The van der Waals surface area contributed by atoms with E-state index >= 15 is 0 Å². The van der Waals surface area contributed by atoms with E-state index in [2.05, 4.69) is 226 Å². The summed E-state index contributed by atoms with van der Waals surface area (Å²) in [6.07, 6.45) is 0. The highest BCUT2D eigenvalue weighted by Crippen LogP contribution is 2.40. The molecule has 0 aliphatic heterocycles. The van der Waals surface area contributed by atoms with Gasteiger partial charge in [0.1, 0.15) is 23.0 Å². The van der Waals surface area contributed by atoms with Gasteiger partial charge in [0, 0.05) is 73.6 Å². The maximum Gasteiger partial charge on any atom is 0.129 e. The SMILES string of the molecule is c1ccc(-n2c3ccccc3c3ccc(Oc4ccc5c6ccc(Oc7ccc8c9ccccc9n(-c9ccccc9)c8c7)cc6n(-c6ccccc6)c5c4)cc32)cc1. The summed E-state index contributed by atoms with van der Waals surface area (Å²) in [7, 11) is 0. The van der Waals surface area contributed by atoms with E-state index < -0.39 is 0 Å². The number of hydrogen-bond donors (Lipinski definition) is 0. The van der Waals surface area contributed by atoms with Crippen LogP contribution in [0.25, 0.3) is 82.5 Å². The van der Waals surface area contributed by atoms with Gasteiger partial charge in [0.25, 0.3) is 0 Å². The summed E-state index contributed by atoms with van der Waals surface area (Å²) in [4.78, 5) is 0. The summed E-state index contributed by atoms with van der Waals surface area (Å²) in [5.41, 5.74) is 9.92. The molecule has 0 aliphatic carbocycles. The summed E-state index contributed by atoms with van der Waals surface area (Å²) in [6, 6.07) is 74.2. The van der Waals surface area contributed by atoms with Crippen LogP contribution in [-0.4, -0.2) is 13.7 Å². The zero-order chi connectivity index (χ0) is 38.9. The number of nitrogens with zero attached hydrogens (tertiary/aromatic N) is 3. The maximum absolute atomic E-state index is 6.72. The smallest absolute Gasteiger partial charge is 0.129 e. The molecular weight excluding hydrogens is 723 g/mol. The van der Waals surface area contributed by atoms with Crippen LogP contribution >= 0.6 is 0 Å². The number of fused-ring (bicyclic) bond motifs is 9. The zero-order valence-electron chi connectivity index (χ0n) is 31.9. The average molecular weight is 758 g/mol. The monoisotopic (exact) mass is 757 g/mol. The van der Waals surface area contributed by atoms with Crippen molar-refractivity contribution < 1.29 is 9.47 Å². The van der Waals surface area contributed by atoms with Gasteiger partial charge >= 0.3 is 0 Å². The van der Waals surface area contributed by atoms with Gasteiger partial charge in [-0.1, -0.05) is 91.0 Å². The van der Waals surface area contributed by atoms with E-state index in [1.54, 1.807) is 0 Å². The first kappa shape index (κ1) is 33.2. The van der Waals surface area contributed by atoms with Gasteiger partial charge in [0.05, 0.1) is 33.1 Å². The molecule has 12 aromatic rings. The standard InChI is InChI=1S/C54H35N3O2/c1-4-14-36(15-5-1)55-49-22-12-10-20-43(49)45-28-24-39(32-51(45)55)58-41-26-30-47-48-31-27-42(35-54(48)57(53(47)34-41)38-18-8-3-9-19-38)59-40-25-29-46-44-21-11-13-23-50(44)56(52(46)33-40)37-16-6-2-7-17-37/h1-35H. The normalized spacial score (nSPS) is 11.7. The van der Waals surface area contributed by atoms with Crippen LogP contribution in [0.5, 0.6) is 23.0 Å². The van der Waals surface area contributed by atoms with Gasteiger partial charge in [-0.25, -0.2) is 0 Å². The van der Waals surface area contributed by atoms with Crippen molar-refractivity contribution in [1.82, 2.24) is 13.7 Å². The fraction of sp³-hybridized carbons (Fsp3) is 0. The van der Waals surface area contributed by atoms with Crippen molar-refractivity contribution >= 4 is 65.4 Å². The summed E-state index contributed by atoms with van der Waals surface area (Å²) < 4.78 is 20.4. The number of aromatic nitrogens is 3. The van der Waals surface area contributed by atoms with Crippen LogP contribution in [0.15, 0.2) is 212 Å². The predicted molar refractivity (Wildman–Crippen MR) is 242 cm³/mol. The second kappa shape index (κ2) is 13.3. The molecule has 5 heteroatoms. The maximum atomic E-state index is 6.72. The van der Waals surface area contributed by atoms with Gasteiger partial charge in [0.2, 0.25) is 0 Å². The highest BCUT2D eigenvalue weighted by Gasteiger charge is 2.18. The molecule has 0 bridgehead atoms. The van der Waals surface area contributed by atoms with Crippen molar-refractivity contribution in [2.24, 2.45) is 0 Å². The third-order valence-electron chi connectivity index (χ3n) is 11.5. The molecule has 0 radical (unpaired) electrons. The van der Waals surface area contributed by atoms with E-state index in [9.17, 15) is 0 Å². The van der Waals surface area contributed by atoms with Crippen LogP contribution < -0.4 is 9.47 Å². The molecule has 9 aromatic carbocycles. The first-order valence-corrected chi connectivity index (χ1v) is 19.9. The van der Waals surface area contributed by atoms with Crippen LogP contribution in [0.4, 0.5) is 0 Å². The predicted octanol–water partition coefficient (Wildman–Crippen LogP) is 14.6. The fourth-order valence-electron chi connectivity index (χ4n) is 8.97. The second-order valence-corrected chi connectivity index (χ2v) is 15.0. The van der Waals surface area contributed by atoms with Crippen LogP contribution in [0.2, 0.25) is 0 Å². The summed E-state index contributed by atoms with van der Waals surface area (Å²) in [5.74, 6) is 3.08. The van der Waals surface area contributed by atoms with Gasteiger partial charge in [-0.2, -0.15) is 0 Å². The molecule has 0 amide bonds. The lowest BCUT2D eigenvalue weighted by atomic mass is 10.1. The van der Waals surface area contributed by atoms with Crippen molar-refractivity contribution in [3.8, 4) is 40.1 Å². The lowest BCUT2D eigenvalue weighted by Crippen LogP contribution is -1.95. The summed E-state index contributed by atoms with van der Waals surface area (Å²) in [5, 5.41) is 7.07. The topological polar surface area (TPSA) is 33.2 Å². The molecule has 0 aliphatic rings. The number of para-hydroxylation sites is 5. The third-order valence-corrected chi connectivity index (χ3v) is 11.5. The molecule has 5 nitrogen and oxygen atoms in total. The molecule has 0 saturated carbocycles. The van der Waals surface area contributed by atoms with Crippen LogP contribution in [-0.2, 0) is 0 Å². The van der Waals surface area contributed by atoms with Crippen LogP contribution in [0.1, 0.15) is 0 Å². The Morgan fingerprint density at radius 3 is 0.797 bits per heavy atom. The molecule has 278 valence electrons. The van der Waals surface area contributed by atoms with E-state index in [0.717, 1.165) is 72.9 Å². The van der Waals surface area contributed by atoms with E-state index in [4.69, 9.17) is 9.47 Å². The van der Waals surface area contributed by atoms with Crippen molar-refractivity contribution in [3.05, 3.63) is 212 Å². The minimum Gasteiger partial charge on any atom is -0.457 e. The highest BCUT2D eigenvalue weighted by atomic mass is 16.5. The molecule has 3 aromatic heterocycles. The molecule has 3 heterocycles. The van der Waals surface area contributed by atoms with Crippen LogP contribution in [0, 0.1) is 0 Å². The first-order valence-electron chi connectivity index (χ1n) is 19.9. The molecule has 0 N–H and O–H groups in total. The Hall–Kier alpha value is -8.02. The molecule has 0 spiro atoms. The molecule has 59 heavy (non-hydrogen) atoms. The average Bonchev–Trinajstić information content (AvgIpc) is 3.92.